The summed E-state index contributed by atoms with van der Waals surface area (Å²) in [6.45, 7) is 9.39. The van der Waals surface area contributed by atoms with Crippen LogP contribution in [0.5, 0.6) is 0 Å². The van der Waals surface area contributed by atoms with E-state index in [0.29, 0.717) is 13.1 Å². The van der Waals surface area contributed by atoms with Gasteiger partial charge in [-0.1, -0.05) is 20.8 Å². The van der Waals surface area contributed by atoms with Crippen molar-refractivity contribution in [2.24, 2.45) is 7.05 Å². The summed E-state index contributed by atoms with van der Waals surface area (Å²) < 4.78 is 1.69. The van der Waals surface area contributed by atoms with Crippen LogP contribution in [-0.4, -0.2) is 26.4 Å². The van der Waals surface area contributed by atoms with Crippen molar-refractivity contribution in [1.29, 1.82) is 0 Å². The van der Waals surface area contributed by atoms with E-state index < -0.39 is 5.60 Å². The molecule has 0 radical (unpaired) electrons. The van der Waals surface area contributed by atoms with Crippen LogP contribution in [-0.2, 0) is 24.6 Å². The Morgan fingerprint density at radius 1 is 1.33 bits per heavy atom. The molecule has 0 saturated heterocycles. The Morgan fingerprint density at radius 3 is 2.57 bits per heavy atom. The Labute approximate surface area is 130 Å². The van der Waals surface area contributed by atoms with Crippen LogP contribution in [0.2, 0.25) is 0 Å². The van der Waals surface area contributed by atoms with Crippen molar-refractivity contribution in [3.63, 3.8) is 0 Å². The topological polar surface area (TPSA) is 63.0 Å². The van der Waals surface area contributed by atoms with Crippen LogP contribution in [0.3, 0.4) is 0 Å². The third-order valence-corrected chi connectivity index (χ3v) is 4.61. The van der Waals surface area contributed by atoms with Gasteiger partial charge in [0, 0.05) is 42.7 Å². The SMILES string of the molecule is Cn1cc(C(C)(O)CNCc2csc(C(C)(C)C)n2)cn1. The number of nitrogens with one attached hydrogen (secondary N) is 1. The predicted octanol–water partition coefficient (Wildman–Crippen LogP) is 2.17. The minimum Gasteiger partial charge on any atom is -0.384 e. The van der Waals surface area contributed by atoms with Gasteiger partial charge in [0.1, 0.15) is 5.60 Å². The molecule has 2 aromatic rings. The van der Waals surface area contributed by atoms with E-state index in [-0.39, 0.29) is 5.41 Å². The van der Waals surface area contributed by atoms with Crippen molar-refractivity contribution < 1.29 is 5.11 Å². The Kier molecular flexibility index (Phi) is 4.51. The lowest BCUT2D eigenvalue weighted by molar-refractivity contribution is 0.0565. The second kappa shape index (κ2) is 5.87. The second-order valence-corrected chi connectivity index (χ2v) is 7.53. The van der Waals surface area contributed by atoms with Gasteiger partial charge in [0.05, 0.1) is 16.9 Å². The Hall–Kier alpha value is -1.24. The minimum atomic E-state index is -0.933. The van der Waals surface area contributed by atoms with E-state index in [1.165, 1.54) is 0 Å². The van der Waals surface area contributed by atoms with Crippen molar-refractivity contribution in [1.82, 2.24) is 20.1 Å². The van der Waals surface area contributed by atoms with E-state index in [2.05, 4.69) is 41.6 Å². The highest BCUT2D eigenvalue weighted by Crippen LogP contribution is 2.25. The first-order valence-electron chi connectivity index (χ1n) is 7.05. The largest absolute Gasteiger partial charge is 0.384 e. The monoisotopic (exact) mass is 308 g/mol. The molecule has 0 aliphatic carbocycles. The number of aryl methyl sites for hydroxylation is 1. The van der Waals surface area contributed by atoms with E-state index in [9.17, 15) is 5.11 Å². The third kappa shape index (κ3) is 4.12. The fraction of sp³-hybridized carbons (Fsp3) is 0.600. The number of aliphatic hydroxyl groups is 1. The molecular formula is C15H24N4OS. The number of rotatable bonds is 5. The van der Waals surface area contributed by atoms with Gasteiger partial charge in [0.25, 0.3) is 0 Å². The van der Waals surface area contributed by atoms with Gasteiger partial charge in [-0.2, -0.15) is 5.10 Å². The van der Waals surface area contributed by atoms with Gasteiger partial charge in [-0.25, -0.2) is 4.98 Å². The van der Waals surface area contributed by atoms with Gasteiger partial charge < -0.3 is 10.4 Å². The Morgan fingerprint density at radius 2 is 2.05 bits per heavy atom. The lowest BCUT2D eigenvalue weighted by Crippen LogP contribution is -2.35. The number of hydrogen-bond donors (Lipinski definition) is 2. The summed E-state index contributed by atoms with van der Waals surface area (Å²) in [5, 5.41) is 21.1. The van der Waals surface area contributed by atoms with Crippen molar-refractivity contribution in [2.75, 3.05) is 6.54 Å². The van der Waals surface area contributed by atoms with Crippen LogP contribution < -0.4 is 5.32 Å². The highest BCUT2D eigenvalue weighted by atomic mass is 32.1. The number of hydrogen-bond acceptors (Lipinski definition) is 5. The molecule has 0 spiro atoms. The lowest BCUT2D eigenvalue weighted by atomic mass is 9.98. The standard InChI is InChI=1S/C15H24N4OS/c1-14(2,3)13-18-12(9-21-13)7-16-10-15(4,20)11-6-17-19(5)8-11/h6,8-9,16,20H,7,10H2,1-5H3. The van der Waals surface area contributed by atoms with Crippen LogP contribution in [0.1, 0.15) is 44.0 Å². The summed E-state index contributed by atoms with van der Waals surface area (Å²) >= 11 is 1.69. The lowest BCUT2D eigenvalue weighted by Gasteiger charge is -2.22. The second-order valence-electron chi connectivity index (χ2n) is 6.67. The van der Waals surface area contributed by atoms with Crippen molar-refractivity contribution >= 4 is 11.3 Å². The highest BCUT2D eigenvalue weighted by molar-refractivity contribution is 7.09. The highest BCUT2D eigenvalue weighted by Gasteiger charge is 2.24. The zero-order chi connectivity index (χ0) is 15.7. The quantitative estimate of drug-likeness (QED) is 0.888. The molecule has 0 bridgehead atoms. The summed E-state index contributed by atoms with van der Waals surface area (Å²) in [6.07, 6.45) is 3.53. The molecule has 0 fully saturated rings. The number of nitrogens with zero attached hydrogens (tertiary/aromatic N) is 3. The molecule has 6 heteroatoms. The van der Waals surface area contributed by atoms with E-state index in [0.717, 1.165) is 16.3 Å². The van der Waals surface area contributed by atoms with Crippen molar-refractivity contribution in [3.8, 4) is 0 Å². The van der Waals surface area contributed by atoms with Gasteiger partial charge in [-0.3, -0.25) is 4.68 Å². The van der Waals surface area contributed by atoms with Crippen LogP contribution in [0, 0.1) is 0 Å². The van der Waals surface area contributed by atoms with E-state index in [1.807, 2.05) is 13.2 Å². The summed E-state index contributed by atoms with van der Waals surface area (Å²) in [5.74, 6) is 0. The molecule has 0 saturated carbocycles. The van der Waals surface area contributed by atoms with Gasteiger partial charge in [0.2, 0.25) is 0 Å². The number of aromatic nitrogens is 3. The van der Waals surface area contributed by atoms with Crippen molar-refractivity contribution in [3.05, 3.63) is 34.0 Å². The average molecular weight is 308 g/mol. The first-order chi connectivity index (χ1) is 9.68. The van der Waals surface area contributed by atoms with Crippen LogP contribution in [0.15, 0.2) is 17.8 Å². The molecule has 21 heavy (non-hydrogen) atoms. The average Bonchev–Trinajstić information content (AvgIpc) is 2.97. The van der Waals surface area contributed by atoms with E-state index in [4.69, 9.17) is 0 Å². The third-order valence-electron chi connectivity index (χ3n) is 3.30. The zero-order valence-corrected chi connectivity index (χ0v) is 14.2. The van der Waals surface area contributed by atoms with Gasteiger partial charge in [-0.15, -0.1) is 11.3 Å². The fourth-order valence-corrected chi connectivity index (χ4v) is 2.88. The van der Waals surface area contributed by atoms with Gasteiger partial charge in [-0.05, 0) is 6.92 Å². The molecule has 2 rings (SSSR count). The summed E-state index contributed by atoms with van der Waals surface area (Å²) in [7, 11) is 1.84. The van der Waals surface area contributed by atoms with E-state index in [1.54, 1.807) is 29.1 Å². The van der Waals surface area contributed by atoms with Gasteiger partial charge in [0.15, 0.2) is 0 Å². The number of thiazole rings is 1. The van der Waals surface area contributed by atoms with E-state index >= 15 is 0 Å². The van der Waals surface area contributed by atoms with Crippen molar-refractivity contribution in [2.45, 2.75) is 45.3 Å². The molecule has 1 unspecified atom stereocenters. The molecule has 2 aromatic heterocycles. The molecular weight excluding hydrogens is 284 g/mol. The molecule has 2 heterocycles. The molecule has 1 atom stereocenters. The zero-order valence-electron chi connectivity index (χ0n) is 13.3. The summed E-state index contributed by atoms with van der Waals surface area (Å²) in [5.41, 5.74) is 0.986. The normalized spacial score (nSPS) is 15.1. The minimum absolute atomic E-state index is 0.0874. The molecule has 116 valence electrons. The molecule has 0 aliphatic rings. The molecule has 2 N–H and O–H groups in total. The molecule has 0 aromatic carbocycles. The predicted molar refractivity (Wildman–Crippen MR) is 85.3 cm³/mol. The first-order valence-corrected chi connectivity index (χ1v) is 7.93. The van der Waals surface area contributed by atoms with Crippen LogP contribution >= 0.6 is 11.3 Å². The molecule has 0 aliphatic heterocycles. The Bertz CT molecular complexity index is 595. The maximum absolute atomic E-state index is 10.5. The smallest absolute Gasteiger partial charge is 0.102 e. The van der Waals surface area contributed by atoms with Crippen LogP contribution in [0.25, 0.3) is 0 Å². The Balaban J connectivity index is 1.91. The first kappa shape index (κ1) is 16.1. The maximum atomic E-state index is 10.5. The maximum Gasteiger partial charge on any atom is 0.102 e. The molecule has 0 amide bonds. The fourth-order valence-electron chi connectivity index (χ4n) is 1.97. The van der Waals surface area contributed by atoms with Gasteiger partial charge >= 0.3 is 0 Å². The molecule has 5 nitrogen and oxygen atoms in total. The summed E-state index contributed by atoms with van der Waals surface area (Å²) in [6, 6.07) is 0. The summed E-state index contributed by atoms with van der Waals surface area (Å²) in [4.78, 5) is 4.64. The van der Waals surface area contributed by atoms with Crippen LogP contribution in [0.4, 0.5) is 0 Å².